The van der Waals surface area contributed by atoms with Gasteiger partial charge in [-0.25, -0.2) is 12.7 Å². The zero-order valence-corrected chi connectivity index (χ0v) is 11.8. The Morgan fingerprint density at radius 2 is 1.95 bits per heavy atom. The fourth-order valence-electron chi connectivity index (χ4n) is 2.30. The first-order chi connectivity index (χ1) is 9.55. The van der Waals surface area contributed by atoms with Crippen LogP contribution in [0.15, 0.2) is 24.3 Å². The molecule has 1 aromatic rings. The van der Waals surface area contributed by atoms with E-state index in [9.17, 15) is 8.42 Å². The maximum Gasteiger partial charge on any atom is 0.218 e. The van der Waals surface area contributed by atoms with Crippen molar-refractivity contribution in [1.82, 2.24) is 4.31 Å². The second kappa shape index (κ2) is 6.04. The molecule has 0 atom stereocenters. The molecule has 104 valence electrons. The van der Waals surface area contributed by atoms with E-state index in [1.165, 1.54) is 4.31 Å². The number of nitrogens with zero attached hydrogens (tertiary/aromatic N) is 3. The normalized spacial score (nSPS) is 17.3. The van der Waals surface area contributed by atoms with Crippen molar-refractivity contribution >= 4 is 10.0 Å². The molecular formula is C14H15N3O2S. The minimum absolute atomic E-state index is 0.0385. The monoisotopic (exact) mass is 289 g/mol. The first-order valence-electron chi connectivity index (χ1n) is 6.41. The van der Waals surface area contributed by atoms with Gasteiger partial charge in [-0.1, -0.05) is 12.1 Å². The largest absolute Gasteiger partial charge is 0.218 e. The summed E-state index contributed by atoms with van der Waals surface area (Å²) in [5.41, 5.74) is 1.08. The van der Waals surface area contributed by atoms with Crippen molar-refractivity contribution in [3.05, 3.63) is 35.4 Å². The van der Waals surface area contributed by atoms with E-state index < -0.39 is 10.0 Å². The van der Waals surface area contributed by atoms with Crippen LogP contribution in [-0.4, -0.2) is 25.8 Å². The van der Waals surface area contributed by atoms with Crippen molar-refractivity contribution in [2.45, 2.75) is 18.6 Å². The minimum atomic E-state index is -3.38. The minimum Gasteiger partial charge on any atom is -0.212 e. The van der Waals surface area contributed by atoms with E-state index in [1.54, 1.807) is 24.3 Å². The van der Waals surface area contributed by atoms with Gasteiger partial charge < -0.3 is 0 Å². The quantitative estimate of drug-likeness (QED) is 0.846. The number of hydrogen-bond donors (Lipinski definition) is 0. The third-order valence-electron chi connectivity index (χ3n) is 3.44. The maximum absolute atomic E-state index is 12.3. The highest BCUT2D eigenvalue weighted by atomic mass is 32.2. The van der Waals surface area contributed by atoms with Gasteiger partial charge in [0.1, 0.15) is 0 Å². The molecule has 2 rings (SSSR count). The molecule has 20 heavy (non-hydrogen) atoms. The zero-order chi connectivity index (χ0) is 14.6. The number of piperidine rings is 1. The molecule has 1 aliphatic rings. The first kappa shape index (κ1) is 14.5. The van der Waals surface area contributed by atoms with Gasteiger partial charge in [-0.2, -0.15) is 10.5 Å². The van der Waals surface area contributed by atoms with Crippen molar-refractivity contribution in [3.63, 3.8) is 0 Å². The molecular weight excluding hydrogens is 274 g/mol. The summed E-state index contributed by atoms with van der Waals surface area (Å²) in [6.07, 6.45) is 1.18. The predicted octanol–water partition coefficient (Wildman–Crippen LogP) is 1.62. The van der Waals surface area contributed by atoms with Gasteiger partial charge in [0.25, 0.3) is 0 Å². The van der Waals surface area contributed by atoms with Crippen LogP contribution in [0.2, 0.25) is 0 Å². The Morgan fingerprint density at radius 3 is 2.55 bits per heavy atom. The smallest absolute Gasteiger partial charge is 0.212 e. The van der Waals surface area contributed by atoms with Gasteiger partial charge in [-0.05, 0) is 30.5 Å². The number of sulfonamides is 1. The summed E-state index contributed by atoms with van der Waals surface area (Å²) in [6, 6.07) is 10.8. The Labute approximate surface area is 119 Å². The molecule has 1 fully saturated rings. The Balaban J connectivity index is 2.08. The average Bonchev–Trinajstić information content (AvgIpc) is 2.47. The Bertz CT molecular complexity index is 662. The maximum atomic E-state index is 12.3. The van der Waals surface area contributed by atoms with Crippen LogP contribution in [0.5, 0.6) is 0 Å². The lowest BCUT2D eigenvalue weighted by Gasteiger charge is -2.28. The van der Waals surface area contributed by atoms with E-state index in [1.807, 2.05) is 6.07 Å². The summed E-state index contributed by atoms with van der Waals surface area (Å²) in [5.74, 6) is -0.136. The molecule has 1 aromatic carbocycles. The molecule has 0 N–H and O–H groups in total. The van der Waals surface area contributed by atoms with Gasteiger partial charge in [-0.15, -0.1) is 0 Å². The highest BCUT2D eigenvalue weighted by molar-refractivity contribution is 7.88. The number of hydrogen-bond acceptors (Lipinski definition) is 4. The van der Waals surface area contributed by atoms with Crippen molar-refractivity contribution < 1.29 is 8.42 Å². The first-order valence-corrected chi connectivity index (χ1v) is 8.02. The summed E-state index contributed by atoms with van der Waals surface area (Å²) in [7, 11) is -3.38. The Kier molecular flexibility index (Phi) is 4.39. The molecule has 1 aliphatic heterocycles. The van der Waals surface area contributed by atoms with Crippen molar-refractivity contribution in [1.29, 1.82) is 10.5 Å². The molecule has 6 heteroatoms. The molecule has 0 spiro atoms. The van der Waals surface area contributed by atoms with Crippen LogP contribution < -0.4 is 0 Å². The van der Waals surface area contributed by atoms with Gasteiger partial charge in [0.2, 0.25) is 10.0 Å². The standard InChI is InChI=1S/C14H15N3O2S/c15-9-12-4-6-17(7-5-12)20(18,19)11-14-3-1-2-13(8-14)10-16/h1-3,8,12H,4-7,11H2. The van der Waals surface area contributed by atoms with Gasteiger partial charge in [0, 0.05) is 19.0 Å². The molecule has 0 unspecified atom stereocenters. The van der Waals surface area contributed by atoms with E-state index >= 15 is 0 Å². The fourth-order valence-corrected chi connectivity index (χ4v) is 3.85. The number of rotatable bonds is 3. The summed E-state index contributed by atoms with van der Waals surface area (Å²) < 4.78 is 26.1. The molecule has 0 radical (unpaired) electrons. The van der Waals surface area contributed by atoms with E-state index in [-0.39, 0.29) is 11.7 Å². The summed E-state index contributed by atoms with van der Waals surface area (Å²) in [5, 5.41) is 17.6. The van der Waals surface area contributed by atoms with Crippen LogP contribution in [0.1, 0.15) is 24.0 Å². The van der Waals surface area contributed by atoms with Crippen molar-refractivity contribution in [2.75, 3.05) is 13.1 Å². The van der Waals surface area contributed by atoms with E-state index in [0.717, 1.165) is 0 Å². The van der Waals surface area contributed by atoms with Crippen LogP contribution in [0.4, 0.5) is 0 Å². The third kappa shape index (κ3) is 3.36. The number of benzene rings is 1. The lowest BCUT2D eigenvalue weighted by Crippen LogP contribution is -2.38. The van der Waals surface area contributed by atoms with Gasteiger partial charge in [0.15, 0.2) is 0 Å². The molecule has 1 heterocycles. The highest BCUT2D eigenvalue weighted by Gasteiger charge is 2.27. The second-order valence-corrected chi connectivity index (χ2v) is 6.84. The SMILES string of the molecule is N#Cc1cccc(CS(=O)(=O)N2CCC(C#N)CC2)c1. The van der Waals surface area contributed by atoms with Crippen molar-refractivity contribution in [3.8, 4) is 12.1 Å². The lowest BCUT2D eigenvalue weighted by atomic mass is 10.0. The van der Waals surface area contributed by atoms with Crippen LogP contribution in [-0.2, 0) is 15.8 Å². The third-order valence-corrected chi connectivity index (χ3v) is 5.29. The number of nitriles is 2. The molecule has 1 saturated heterocycles. The highest BCUT2D eigenvalue weighted by Crippen LogP contribution is 2.21. The van der Waals surface area contributed by atoms with Crippen LogP contribution in [0.25, 0.3) is 0 Å². The Hall–Kier alpha value is -1.89. The van der Waals surface area contributed by atoms with E-state index in [0.29, 0.717) is 37.1 Å². The predicted molar refractivity (Wildman–Crippen MR) is 73.7 cm³/mol. The summed E-state index contributed by atoms with van der Waals surface area (Å²) >= 11 is 0. The molecule has 0 aliphatic carbocycles. The molecule has 0 saturated carbocycles. The van der Waals surface area contributed by atoms with E-state index in [2.05, 4.69) is 6.07 Å². The fraction of sp³-hybridized carbons (Fsp3) is 0.429. The average molecular weight is 289 g/mol. The van der Waals surface area contributed by atoms with Gasteiger partial charge in [0.05, 0.1) is 23.5 Å². The van der Waals surface area contributed by atoms with Crippen LogP contribution >= 0.6 is 0 Å². The van der Waals surface area contributed by atoms with Gasteiger partial charge in [-0.3, -0.25) is 0 Å². The van der Waals surface area contributed by atoms with E-state index in [4.69, 9.17) is 10.5 Å². The lowest BCUT2D eigenvalue weighted by molar-refractivity contribution is 0.309. The Morgan fingerprint density at radius 1 is 1.25 bits per heavy atom. The van der Waals surface area contributed by atoms with Crippen molar-refractivity contribution in [2.24, 2.45) is 5.92 Å². The second-order valence-electron chi connectivity index (χ2n) is 4.87. The van der Waals surface area contributed by atoms with Gasteiger partial charge >= 0.3 is 0 Å². The van der Waals surface area contributed by atoms with Crippen LogP contribution in [0, 0.1) is 28.6 Å². The molecule has 0 bridgehead atoms. The summed E-state index contributed by atoms with van der Waals surface area (Å²) in [6.45, 7) is 0.803. The zero-order valence-electron chi connectivity index (χ0n) is 11.0. The van der Waals surface area contributed by atoms with Crippen LogP contribution in [0.3, 0.4) is 0 Å². The topological polar surface area (TPSA) is 85.0 Å². The molecule has 5 nitrogen and oxygen atoms in total. The molecule has 0 amide bonds. The summed E-state index contributed by atoms with van der Waals surface area (Å²) in [4.78, 5) is 0. The molecule has 0 aromatic heterocycles.